The second-order valence-corrected chi connectivity index (χ2v) is 9.63. The maximum Gasteiger partial charge on any atom is 0.309 e. The van der Waals surface area contributed by atoms with Crippen LogP contribution in [0.25, 0.3) is 0 Å². The molecule has 152 valence electrons. The molecule has 28 heavy (non-hydrogen) atoms. The summed E-state index contributed by atoms with van der Waals surface area (Å²) in [5.74, 6) is -0.606. The van der Waals surface area contributed by atoms with Gasteiger partial charge in [-0.05, 0) is 45.7 Å². The summed E-state index contributed by atoms with van der Waals surface area (Å²) in [6.45, 7) is 6.26. The van der Waals surface area contributed by atoms with E-state index in [0.29, 0.717) is 37.3 Å². The van der Waals surface area contributed by atoms with E-state index in [1.807, 2.05) is 25.7 Å². The molecule has 0 spiro atoms. The van der Waals surface area contributed by atoms with Crippen molar-refractivity contribution >= 4 is 27.7 Å². The van der Waals surface area contributed by atoms with Crippen molar-refractivity contribution in [1.29, 1.82) is 0 Å². The van der Waals surface area contributed by atoms with Crippen LogP contribution in [0.5, 0.6) is 0 Å². The van der Waals surface area contributed by atoms with Crippen LogP contribution in [-0.2, 0) is 24.3 Å². The van der Waals surface area contributed by atoms with E-state index >= 15 is 0 Å². The Hall–Kier alpha value is -2.42. The number of sulfonamides is 1. The summed E-state index contributed by atoms with van der Waals surface area (Å²) >= 11 is 0. The number of amides is 1. The number of amidine groups is 1. The highest BCUT2D eigenvalue weighted by Gasteiger charge is 2.34. The van der Waals surface area contributed by atoms with Crippen molar-refractivity contribution in [3.8, 4) is 0 Å². The molecular weight excluding hydrogens is 382 g/mol. The number of piperidine rings is 1. The average Bonchev–Trinajstić information content (AvgIpc) is 2.90. The fourth-order valence-electron chi connectivity index (χ4n) is 3.35. The molecule has 1 N–H and O–H groups in total. The largest absolute Gasteiger partial charge is 0.455 e. The van der Waals surface area contributed by atoms with Crippen LogP contribution in [0.4, 0.5) is 0 Å². The first-order chi connectivity index (χ1) is 13.1. The highest BCUT2D eigenvalue weighted by Crippen LogP contribution is 2.29. The number of hydrogen-bond acceptors (Lipinski definition) is 6. The molecule has 0 atom stereocenters. The second kappa shape index (κ2) is 7.54. The van der Waals surface area contributed by atoms with E-state index in [0.717, 1.165) is 0 Å². The first kappa shape index (κ1) is 20.3. The molecule has 1 aromatic rings. The number of likely N-dealkylation sites (tertiary alicyclic amines) is 1. The molecule has 0 bridgehead atoms. The Morgan fingerprint density at radius 3 is 2.50 bits per heavy atom. The second-order valence-electron chi connectivity index (χ2n) is 8.05. The number of hydrogen-bond donors (Lipinski definition) is 1. The molecule has 9 heteroatoms. The van der Waals surface area contributed by atoms with Gasteiger partial charge in [0.05, 0.1) is 5.92 Å². The van der Waals surface area contributed by atoms with Gasteiger partial charge in [0, 0.05) is 24.2 Å². The van der Waals surface area contributed by atoms with E-state index in [1.54, 1.807) is 24.3 Å². The van der Waals surface area contributed by atoms with Crippen molar-refractivity contribution in [2.45, 2.75) is 44.0 Å². The Balaban J connectivity index is 1.55. The van der Waals surface area contributed by atoms with Gasteiger partial charge in [0.15, 0.2) is 12.4 Å². The van der Waals surface area contributed by atoms with Crippen molar-refractivity contribution in [2.75, 3.05) is 19.7 Å². The Labute approximate surface area is 165 Å². The number of nitrogens with zero attached hydrogens (tertiary/aromatic N) is 2. The van der Waals surface area contributed by atoms with E-state index in [2.05, 4.69) is 9.71 Å². The third kappa shape index (κ3) is 4.52. The number of ether oxygens (including phenoxy) is 1. The van der Waals surface area contributed by atoms with Crippen molar-refractivity contribution in [2.24, 2.45) is 10.3 Å². The van der Waals surface area contributed by atoms with Gasteiger partial charge in [0.25, 0.3) is 15.9 Å². The molecule has 0 saturated carbocycles. The van der Waals surface area contributed by atoms with Crippen LogP contribution in [0.2, 0.25) is 0 Å². The van der Waals surface area contributed by atoms with Gasteiger partial charge in [-0.2, -0.15) is 8.42 Å². The molecule has 1 fully saturated rings. The normalized spacial score (nSPS) is 19.0. The lowest BCUT2D eigenvalue weighted by Gasteiger charge is -2.32. The SMILES string of the molecule is CC(C)(C)NC(=O)COC(=O)C1CCN(C2=NS(=O)(=O)c3ccccc32)CC1. The van der Waals surface area contributed by atoms with Gasteiger partial charge < -0.3 is 15.0 Å². The van der Waals surface area contributed by atoms with Crippen molar-refractivity contribution in [3.05, 3.63) is 29.8 Å². The van der Waals surface area contributed by atoms with Gasteiger partial charge in [-0.1, -0.05) is 12.1 Å². The molecular formula is C19H25N3O5S. The molecule has 1 aromatic carbocycles. The summed E-state index contributed by atoms with van der Waals surface area (Å²) in [4.78, 5) is 26.1. The van der Waals surface area contributed by atoms with Crippen molar-refractivity contribution in [3.63, 3.8) is 0 Å². The van der Waals surface area contributed by atoms with Crippen molar-refractivity contribution < 1.29 is 22.7 Å². The number of benzene rings is 1. The standard InChI is InChI=1S/C19H25N3O5S/c1-19(2,3)20-16(23)12-27-18(24)13-8-10-22(11-9-13)17-14-6-4-5-7-15(14)28(25,26)21-17/h4-7,13H,8-12H2,1-3H3,(H,20,23). The lowest BCUT2D eigenvalue weighted by atomic mass is 9.96. The zero-order chi connectivity index (χ0) is 20.5. The highest BCUT2D eigenvalue weighted by molar-refractivity contribution is 7.90. The third-order valence-corrected chi connectivity index (χ3v) is 5.93. The van der Waals surface area contributed by atoms with Crippen LogP contribution in [0, 0.1) is 5.92 Å². The van der Waals surface area contributed by atoms with E-state index in [1.165, 1.54) is 0 Å². The molecule has 0 aliphatic carbocycles. The molecule has 0 radical (unpaired) electrons. The molecule has 2 aliphatic rings. The summed E-state index contributed by atoms with van der Waals surface area (Å²) < 4.78 is 33.5. The average molecular weight is 407 g/mol. The molecule has 0 unspecified atom stereocenters. The zero-order valence-corrected chi connectivity index (χ0v) is 17.1. The van der Waals surface area contributed by atoms with Gasteiger partial charge in [-0.25, -0.2) is 0 Å². The fourth-order valence-corrected chi connectivity index (χ4v) is 4.58. The van der Waals surface area contributed by atoms with Crippen LogP contribution in [-0.4, -0.2) is 56.3 Å². The zero-order valence-electron chi connectivity index (χ0n) is 16.3. The summed E-state index contributed by atoms with van der Waals surface area (Å²) in [6.07, 6.45) is 1.03. The topological polar surface area (TPSA) is 105 Å². The van der Waals surface area contributed by atoms with Crippen LogP contribution in [0.1, 0.15) is 39.2 Å². The number of carbonyl (C=O) groups excluding carboxylic acids is 2. The summed E-state index contributed by atoms with van der Waals surface area (Å²) in [6, 6.07) is 6.75. The predicted octanol–water partition coefficient (Wildman–Crippen LogP) is 1.31. The lowest BCUT2D eigenvalue weighted by Crippen LogP contribution is -2.44. The number of fused-ring (bicyclic) bond motifs is 1. The van der Waals surface area contributed by atoms with Crippen molar-refractivity contribution in [1.82, 2.24) is 10.2 Å². The number of carbonyl (C=O) groups is 2. The molecule has 2 aliphatic heterocycles. The molecule has 0 aromatic heterocycles. The van der Waals surface area contributed by atoms with Crippen LogP contribution < -0.4 is 5.32 Å². The van der Waals surface area contributed by atoms with E-state index in [9.17, 15) is 18.0 Å². The fraction of sp³-hybridized carbons (Fsp3) is 0.526. The van der Waals surface area contributed by atoms with E-state index < -0.39 is 16.0 Å². The third-order valence-electron chi connectivity index (χ3n) is 4.60. The van der Waals surface area contributed by atoms with Crippen LogP contribution in [0.3, 0.4) is 0 Å². The Morgan fingerprint density at radius 2 is 1.86 bits per heavy atom. The number of nitrogens with one attached hydrogen (secondary N) is 1. The van der Waals surface area contributed by atoms with Gasteiger partial charge >= 0.3 is 5.97 Å². The molecule has 1 saturated heterocycles. The smallest absolute Gasteiger partial charge is 0.309 e. The minimum Gasteiger partial charge on any atom is -0.455 e. The minimum atomic E-state index is -3.66. The molecule has 8 nitrogen and oxygen atoms in total. The highest BCUT2D eigenvalue weighted by atomic mass is 32.2. The van der Waals surface area contributed by atoms with E-state index in [-0.39, 0.29) is 28.9 Å². The Morgan fingerprint density at radius 1 is 1.21 bits per heavy atom. The van der Waals surface area contributed by atoms with Gasteiger partial charge in [0.2, 0.25) is 0 Å². The number of esters is 1. The molecule has 1 amide bonds. The summed E-state index contributed by atoms with van der Waals surface area (Å²) in [5, 5.41) is 2.74. The summed E-state index contributed by atoms with van der Waals surface area (Å²) in [7, 11) is -3.66. The first-order valence-corrected chi connectivity index (χ1v) is 10.7. The maximum absolute atomic E-state index is 12.3. The van der Waals surface area contributed by atoms with Gasteiger partial charge in [0.1, 0.15) is 4.90 Å². The first-order valence-electron chi connectivity index (χ1n) is 9.24. The Kier molecular flexibility index (Phi) is 5.47. The maximum atomic E-state index is 12.3. The monoisotopic (exact) mass is 407 g/mol. The Bertz CT molecular complexity index is 910. The minimum absolute atomic E-state index is 0.219. The van der Waals surface area contributed by atoms with Crippen LogP contribution >= 0.6 is 0 Å². The van der Waals surface area contributed by atoms with Gasteiger partial charge in [-0.3, -0.25) is 9.59 Å². The molecule has 3 rings (SSSR count). The lowest BCUT2D eigenvalue weighted by molar-refractivity contribution is -0.154. The number of rotatable bonds is 3. The van der Waals surface area contributed by atoms with E-state index in [4.69, 9.17) is 4.74 Å². The summed E-state index contributed by atoms with van der Waals surface area (Å²) in [5.41, 5.74) is 0.218. The van der Waals surface area contributed by atoms with Gasteiger partial charge in [-0.15, -0.1) is 4.40 Å². The molecule has 2 heterocycles. The quantitative estimate of drug-likeness (QED) is 0.758. The predicted molar refractivity (Wildman–Crippen MR) is 103 cm³/mol. The van der Waals surface area contributed by atoms with Crippen LogP contribution in [0.15, 0.2) is 33.6 Å².